The van der Waals surface area contributed by atoms with Crippen molar-refractivity contribution in [1.82, 2.24) is 10.6 Å². The Bertz CT molecular complexity index is 266. The fraction of sp³-hybridized carbons (Fsp3) is 0.600. The molecule has 0 saturated heterocycles. The zero-order valence-electron chi connectivity index (χ0n) is 9.58. The van der Waals surface area contributed by atoms with Crippen molar-refractivity contribution in [2.24, 2.45) is 0 Å². The Morgan fingerprint density at radius 3 is 2.62 bits per heavy atom. The van der Waals surface area contributed by atoms with E-state index in [0.29, 0.717) is 19.8 Å². The zero-order valence-corrected chi connectivity index (χ0v) is 9.58. The number of nitrogens with one attached hydrogen (secondary N) is 2. The number of hydrogen-bond acceptors (Lipinski definition) is 3. The quantitative estimate of drug-likeness (QED) is 0.435. The molecule has 0 aromatic heterocycles. The summed E-state index contributed by atoms with van der Waals surface area (Å²) in [6.07, 6.45) is 0. The predicted molar refractivity (Wildman–Crippen MR) is 59.3 cm³/mol. The van der Waals surface area contributed by atoms with Crippen LogP contribution in [-0.4, -0.2) is 42.9 Å². The number of amides is 2. The molecule has 1 atom stereocenters. The van der Waals surface area contributed by atoms with Crippen LogP contribution in [0, 0.1) is 0 Å². The number of aliphatic carboxylic acids is 1. The van der Waals surface area contributed by atoms with Gasteiger partial charge in [-0.25, -0.2) is 4.79 Å². The van der Waals surface area contributed by atoms with Crippen LogP contribution in [0.4, 0.5) is 4.79 Å². The van der Waals surface area contributed by atoms with Gasteiger partial charge in [-0.3, -0.25) is 4.79 Å². The smallest absolute Gasteiger partial charge is 0.325 e. The number of carboxylic acids is 1. The Morgan fingerprint density at radius 1 is 1.50 bits per heavy atom. The first-order valence-electron chi connectivity index (χ1n) is 4.92. The summed E-state index contributed by atoms with van der Waals surface area (Å²) in [5.74, 6) is -1.08. The second kappa shape index (κ2) is 7.70. The van der Waals surface area contributed by atoms with E-state index in [4.69, 9.17) is 9.84 Å². The van der Waals surface area contributed by atoms with E-state index in [1.54, 1.807) is 0 Å². The van der Waals surface area contributed by atoms with Gasteiger partial charge >= 0.3 is 12.0 Å². The lowest BCUT2D eigenvalue weighted by Gasteiger charge is -2.10. The molecule has 0 aliphatic heterocycles. The molecule has 0 aliphatic carbocycles. The largest absolute Gasteiger partial charge is 0.480 e. The van der Waals surface area contributed by atoms with Gasteiger partial charge in [0.05, 0.1) is 13.2 Å². The molecule has 2 amide bonds. The average molecular weight is 230 g/mol. The Kier molecular flexibility index (Phi) is 6.95. The summed E-state index contributed by atoms with van der Waals surface area (Å²) in [6, 6.07) is -1.43. The molecular weight excluding hydrogens is 212 g/mol. The molecule has 0 radical (unpaired) electrons. The maximum atomic E-state index is 11.1. The molecule has 0 rings (SSSR count). The molecule has 0 fully saturated rings. The molecule has 0 aromatic carbocycles. The van der Waals surface area contributed by atoms with Gasteiger partial charge in [-0.05, 0) is 13.8 Å². The van der Waals surface area contributed by atoms with Crippen molar-refractivity contribution < 1.29 is 19.4 Å². The topological polar surface area (TPSA) is 87.7 Å². The van der Waals surface area contributed by atoms with Gasteiger partial charge < -0.3 is 20.5 Å². The highest BCUT2D eigenvalue weighted by Gasteiger charge is 2.12. The van der Waals surface area contributed by atoms with E-state index in [1.165, 1.54) is 6.92 Å². The van der Waals surface area contributed by atoms with Crippen LogP contribution in [0.5, 0.6) is 0 Å². The Hall–Kier alpha value is -1.56. The standard InChI is InChI=1S/C10H18N2O4/c1-7(2)6-16-5-4-11-10(15)12-8(3)9(13)14/h8H,1,4-6H2,2-3H3,(H,13,14)(H2,11,12,15). The van der Waals surface area contributed by atoms with Crippen molar-refractivity contribution >= 4 is 12.0 Å². The van der Waals surface area contributed by atoms with Crippen LogP contribution in [0.25, 0.3) is 0 Å². The van der Waals surface area contributed by atoms with E-state index in [0.717, 1.165) is 5.57 Å². The van der Waals surface area contributed by atoms with Crippen LogP contribution in [0.15, 0.2) is 12.2 Å². The lowest BCUT2D eigenvalue weighted by Crippen LogP contribution is -2.45. The van der Waals surface area contributed by atoms with E-state index in [2.05, 4.69) is 17.2 Å². The summed E-state index contributed by atoms with van der Waals surface area (Å²) in [5.41, 5.74) is 0.906. The number of carboxylic acid groups (broad SMARTS) is 1. The molecule has 6 nitrogen and oxygen atoms in total. The van der Waals surface area contributed by atoms with Crippen molar-refractivity contribution in [3.05, 3.63) is 12.2 Å². The third kappa shape index (κ3) is 7.81. The molecule has 92 valence electrons. The summed E-state index contributed by atoms with van der Waals surface area (Å²) in [4.78, 5) is 21.5. The maximum Gasteiger partial charge on any atom is 0.325 e. The second-order valence-corrected chi connectivity index (χ2v) is 3.47. The van der Waals surface area contributed by atoms with Crippen molar-refractivity contribution in [2.45, 2.75) is 19.9 Å². The maximum absolute atomic E-state index is 11.1. The van der Waals surface area contributed by atoms with E-state index in [1.807, 2.05) is 6.92 Å². The molecule has 0 heterocycles. The molecule has 1 unspecified atom stereocenters. The highest BCUT2D eigenvalue weighted by atomic mass is 16.5. The van der Waals surface area contributed by atoms with Gasteiger partial charge in [-0.2, -0.15) is 0 Å². The molecule has 0 aliphatic rings. The molecule has 0 aromatic rings. The van der Waals surface area contributed by atoms with Crippen LogP contribution >= 0.6 is 0 Å². The molecule has 3 N–H and O–H groups in total. The third-order valence-corrected chi connectivity index (χ3v) is 1.60. The molecule has 0 saturated carbocycles. The summed E-state index contributed by atoms with van der Waals surface area (Å²) < 4.78 is 5.14. The first-order chi connectivity index (χ1) is 7.43. The van der Waals surface area contributed by atoms with Crippen molar-refractivity contribution in [1.29, 1.82) is 0 Å². The number of urea groups is 1. The average Bonchev–Trinajstić information content (AvgIpc) is 2.16. The van der Waals surface area contributed by atoms with Gasteiger partial charge in [0.1, 0.15) is 6.04 Å². The van der Waals surface area contributed by atoms with Crippen LogP contribution in [0.3, 0.4) is 0 Å². The summed E-state index contributed by atoms with van der Waals surface area (Å²) in [7, 11) is 0. The molecule has 6 heteroatoms. The monoisotopic (exact) mass is 230 g/mol. The van der Waals surface area contributed by atoms with Gasteiger partial charge in [0.2, 0.25) is 0 Å². The third-order valence-electron chi connectivity index (χ3n) is 1.60. The predicted octanol–water partition coefficient (Wildman–Crippen LogP) is 0.351. The highest BCUT2D eigenvalue weighted by molar-refractivity contribution is 5.82. The van der Waals surface area contributed by atoms with Gasteiger partial charge in [-0.1, -0.05) is 12.2 Å². The molecule has 0 bridgehead atoms. The van der Waals surface area contributed by atoms with Crippen LogP contribution in [-0.2, 0) is 9.53 Å². The molecule has 0 spiro atoms. The number of ether oxygens (including phenoxy) is 1. The van der Waals surface area contributed by atoms with Gasteiger partial charge in [0.15, 0.2) is 0 Å². The summed E-state index contributed by atoms with van der Waals surface area (Å²) >= 11 is 0. The Labute approximate surface area is 94.7 Å². The summed E-state index contributed by atoms with van der Waals surface area (Å²) in [5, 5.41) is 13.3. The van der Waals surface area contributed by atoms with Gasteiger partial charge in [0, 0.05) is 6.54 Å². The van der Waals surface area contributed by atoms with Crippen molar-refractivity contribution in [3.8, 4) is 0 Å². The first-order valence-corrected chi connectivity index (χ1v) is 4.92. The minimum atomic E-state index is -1.08. The SMILES string of the molecule is C=C(C)COCCNC(=O)NC(C)C(=O)O. The lowest BCUT2D eigenvalue weighted by atomic mass is 10.3. The number of rotatable bonds is 7. The van der Waals surface area contributed by atoms with Gasteiger partial charge in [0.25, 0.3) is 0 Å². The minimum Gasteiger partial charge on any atom is -0.480 e. The van der Waals surface area contributed by atoms with E-state index < -0.39 is 18.0 Å². The fourth-order valence-corrected chi connectivity index (χ4v) is 0.793. The normalized spacial score (nSPS) is 11.6. The van der Waals surface area contributed by atoms with Crippen LogP contribution in [0.1, 0.15) is 13.8 Å². The van der Waals surface area contributed by atoms with E-state index in [-0.39, 0.29) is 0 Å². The molecule has 16 heavy (non-hydrogen) atoms. The first kappa shape index (κ1) is 14.4. The minimum absolute atomic E-state index is 0.325. The summed E-state index contributed by atoms with van der Waals surface area (Å²) in [6.45, 7) is 8.03. The van der Waals surface area contributed by atoms with Gasteiger partial charge in [-0.15, -0.1) is 0 Å². The van der Waals surface area contributed by atoms with Crippen LogP contribution in [0.2, 0.25) is 0 Å². The number of carbonyl (C=O) groups is 2. The van der Waals surface area contributed by atoms with E-state index in [9.17, 15) is 9.59 Å². The molecular formula is C10H18N2O4. The number of hydrogen-bond donors (Lipinski definition) is 3. The number of carbonyl (C=O) groups excluding carboxylic acids is 1. The van der Waals surface area contributed by atoms with Crippen LogP contribution < -0.4 is 10.6 Å². The van der Waals surface area contributed by atoms with Crippen molar-refractivity contribution in [2.75, 3.05) is 19.8 Å². The van der Waals surface area contributed by atoms with Crippen molar-refractivity contribution in [3.63, 3.8) is 0 Å². The Balaban J connectivity index is 3.51. The fourth-order valence-electron chi connectivity index (χ4n) is 0.793. The second-order valence-electron chi connectivity index (χ2n) is 3.47. The zero-order chi connectivity index (χ0) is 12.6. The highest BCUT2D eigenvalue weighted by Crippen LogP contribution is 1.86. The Morgan fingerprint density at radius 2 is 2.12 bits per heavy atom. The lowest BCUT2D eigenvalue weighted by molar-refractivity contribution is -0.138. The van der Waals surface area contributed by atoms with E-state index >= 15 is 0 Å².